The Kier molecular flexibility index (Phi) is 10.3. The lowest BCUT2D eigenvalue weighted by molar-refractivity contribution is -0.140. The van der Waals surface area contributed by atoms with E-state index >= 15 is 0 Å². The van der Waals surface area contributed by atoms with Crippen LogP contribution in [0.5, 0.6) is 0 Å². The maximum atomic E-state index is 12.5. The number of aromatic nitrogens is 1. The van der Waals surface area contributed by atoms with Gasteiger partial charge in [0.15, 0.2) is 0 Å². The molecular weight excluding hydrogens is 536 g/mol. The van der Waals surface area contributed by atoms with E-state index in [1.165, 1.54) is 0 Å². The number of carbonyl (C=O) groups is 3. The van der Waals surface area contributed by atoms with Crippen molar-refractivity contribution < 1.29 is 29.3 Å². The first-order chi connectivity index (χ1) is 20.3. The van der Waals surface area contributed by atoms with Crippen LogP contribution in [-0.2, 0) is 20.7 Å². The van der Waals surface area contributed by atoms with Crippen molar-refractivity contribution in [2.24, 2.45) is 11.5 Å². The summed E-state index contributed by atoms with van der Waals surface area (Å²) in [4.78, 5) is 37.6. The number of benzene rings is 3. The normalized spacial score (nSPS) is 13.3. The lowest BCUT2D eigenvalue weighted by Crippen LogP contribution is -2.42. The molecule has 1 aliphatic rings. The molecule has 5 rings (SSSR count). The molecule has 0 bridgehead atoms. The zero-order chi connectivity index (χ0) is 30.1. The van der Waals surface area contributed by atoms with Crippen LogP contribution < -0.4 is 16.8 Å². The minimum absolute atomic E-state index is 0.0787. The molecule has 10 nitrogen and oxygen atoms in total. The Morgan fingerprint density at radius 2 is 1.50 bits per heavy atom. The first kappa shape index (κ1) is 30.3. The highest BCUT2D eigenvalue weighted by atomic mass is 16.5. The summed E-state index contributed by atoms with van der Waals surface area (Å²) in [5, 5.41) is 21.4. The van der Waals surface area contributed by atoms with E-state index in [0.717, 1.165) is 51.6 Å². The third kappa shape index (κ3) is 7.34. The van der Waals surface area contributed by atoms with Crippen LogP contribution in [0.25, 0.3) is 22.0 Å². The summed E-state index contributed by atoms with van der Waals surface area (Å²) in [7, 11) is 0. The lowest BCUT2D eigenvalue weighted by atomic mass is 9.98. The van der Waals surface area contributed by atoms with Crippen LogP contribution in [0.1, 0.15) is 41.9 Å². The highest BCUT2D eigenvalue weighted by molar-refractivity contribution is 5.85. The van der Waals surface area contributed by atoms with E-state index in [0.29, 0.717) is 13.0 Å². The molecule has 42 heavy (non-hydrogen) atoms. The van der Waals surface area contributed by atoms with E-state index in [1.807, 2.05) is 60.7 Å². The van der Waals surface area contributed by atoms with Crippen molar-refractivity contribution >= 4 is 28.9 Å². The largest absolute Gasteiger partial charge is 0.480 e. The smallest absolute Gasteiger partial charge is 0.407 e. The third-order valence-electron chi connectivity index (χ3n) is 7.32. The summed E-state index contributed by atoms with van der Waals surface area (Å²) in [6, 6.07) is 22.0. The van der Waals surface area contributed by atoms with Gasteiger partial charge in [-0.25, -0.2) is 9.59 Å². The highest BCUT2D eigenvalue weighted by Gasteiger charge is 2.30. The molecule has 3 aromatic carbocycles. The van der Waals surface area contributed by atoms with Crippen LogP contribution >= 0.6 is 0 Å². The molecule has 0 aliphatic heterocycles. The van der Waals surface area contributed by atoms with Gasteiger partial charge in [0.05, 0.1) is 0 Å². The number of rotatable bonds is 11. The molecule has 10 heteroatoms. The van der Waals surface area contributed by atoms with Gasteiger partial charge >= 0.3 is 18.0 Å². The Balaban J connectivity index is 0.000000349. The number of para-hydroxylation sites is 1. The van der Waals surface area contributed by atoms with Crippen LogP contribution in [0, 0.1) is 0 Å². The summed E-state index contributed by atoms with van der Waals surface area (Å²) < 4.78 is 5.51. The van der Waals surface area contributed by atoms with Crippen molar-refractivity contribution in [2.75, 3.05) is 13.2 Å². The fraction of sp³-hybridized carbons (Fsp3) is 0.281. The van der Waals surface area contributed by atoms with Crippen LogP contribution in [-0.4, -0.2) is 58.5 Å². The van der Waals surface area contributed by atoms with Gasteiger partial charge in [0.1, 0.15) is 18.7 Å². The maximum absolute atomic E-state index is 12.5. The number of carbonyl (C=O) groups excluding carboxylic acids is 1. The number of hydrogen-bond acceptors (Lipinski definition) is 6. The van der Waals surface area contributed by atoms with Crippen molar-refractivity contribution in [3.63, 3.8) is 0 Å². The molecule has 0 saturated heterocycles. The molecule has 2 atom stereocenters. The van der Waals surface area contributed by atoms with Gasteiger partial charge in [-0.1, -0.05) is 73.2 Å². The molecule has 1 heterocycles. The quantitative estimate of drug-likeness (QED) is 0.144. The molecule has 220 valence electrons. The number of alkyl carbamates (subject to hydrolysis) is 1. The molecule has 0 fully saturated rings. The number of nitrogens with one attached hydrogen (secondary N) is 2. The monoisotopic (exact) mass is 572 g/mol. The van der Waals surface area contributed by atoms with Crippen LogP contribution in [0.15, 0.2) is 79.0 Å². The number of amides is 1. The minimum Gasteiger partial charge on any atom is -0.480 e. The number of unbranched alkanes of at least 4 members (excludes halogenated alkanes) is 1. The second-order valence-corrected chi connectivity index (χ2v) is 10.2. The van der Waals surface area contributed by atoms with E-state index in [4.69, 9.17) is 21.3 Å². The van der Waals surface area contributed by atoms with Crippen molar-refractivity contribution in [3.8, 4) is 11.1 Å². The van der Waals surface area contributed by atoms with Crippen LogP contribution in [0.2, 0.25) is 0 Å². The number of aromatic amines is 1. The van der Waals surface area contributed by atoms with Crippen LogP contribution in [0.3, 0.4) is 0 Å². The Labute approximate surface area is 243 Å². The summed E-state index contributed by atoms with van der Waals surface area (Å²) >= 11 is 0. The highest BCUT2D eigenvalue weighted by Crippen LogP contribution is 2.44. The number of carboxylic acid groups (broad SMARTS) is 2. The number of hydrogen-bond donors (Lipinski definition) is 6. The molecule has 2 unspecified atom stereocenters. The zero-order valence-corrected chi connectivity index (χ0v) is 23.2. The van der Waals surface area contributed by atoms with Crippen molar-refractivity contribution in [1.82, 2.24) is 10.3 Å². The molecule has 8 N–H and O–H groups in total. The third-order valence-corrected chi connectivity index (χ3v) is 7.32. The van der Waals surface area contributed by atoms with Crippen LogP contribution in [0.4, 0.5) is 4.79 Å². The van der Waals surface area contributed by atoms with E-state index in [-0.39, 0.29) is 18.9 Å². The zero-order valence-electron chi connectivity index (χ0n) is 23.2. The summed E-state index contributed by atoms with van der Waals surface area (Å²) in [6.45, 7) is 0.742. The van der Waals surface area contributed by atoms with Gasteiger partial charge in [-0.3, -0.25) is 4.79 Å². The van der Waals surface area contributed by atoms with Crippen molar-refractivity contribution in [2.45, 2.75) is 43.7 Å². The number of H-pyrrole nitrogens is 1. The molecule has 1 aromatic heterocycles. The van der Waals surface area contributed by atoms with Gasteiger partial charge < -0.3 is 36.7 Å². The number of ether oxygens (including phenoxy) is 1. The lowest BCUT2D eigenvalue weighted by Gasteiger charge is -2.17. The first-order valence-electron chi connectivity index (χ1n) is 13.9. The average Bonchev–Trinajstić information content (AvgIpc) is 3.55. The predicted molar refractivity (Wildman–Crippen MR) is 160 cm³/mol. The topological polar surface area (TPSA) is 181 Å². The Hall–Kier alpha value is -4.67. The average molecular weight is 573 g/mol. The van der Waals surface area contributed by atoms with E-state index in [1.54, 1.807) is 6.20 Å². The minimum atomic E-state index is -1.11. The SMILES string of the molecule is NCCCCC(N)C(=O)O.O=C(NC(Cc1c[nH]c2ccccc12)C(=O)O)OCC1c2ccccc2-c2ccccc21. The van der Waals surface area contributed by atoms with E-state index in [2.05, 4.69) is 22.4 Å². The molecule has 4 aromatic rings. The Morgan fingerprint density at radius 3 is 2.12 bits per heavy atom. The fourth-order valence-corrected chi connectivity index (χ4v) is 5.13. The van der Waals surface area contributed by atoms with Gasteiger partial charge in [0.25, 0.3) is 0 Å². The maximum Gasteiger partial charge on any atom is 0.407 e. The Bertz CT molecular complexity index is 1490. The number of carboxylic acids is 2. The van der Waals surface area contributed by atoms with Gasteiger partial charge in [-0.05, 0) is 53.3 Å². The van der Waals surface area contributed by atoms with E-state index in [9.17, 15) is 19.5 Å². The van der Waals surface area contributed by atoms with Gasteiger partial charge in [-0.2, -0.15) is 0 Å². The standard InChI is InChI=1S/C26H22N2O4.C6H14N2O2/c29-25(30)24(13-16-14-27-23-12-6-5-7-17(16)23)28-26(31)32-15-22-20-10-3-1-8-18(20)19-9-2-4-11-21(19)22;7-4-2-1-3-5(8)6(9)10/h1-12,14,22,24,27H,13,15H2,(H,28,31)(H,29,30);5H,1-4,7-8H2,(H,9,10). The molecule has 1 amide bonds. The number of nitrogens with two attached hydrogens (primary N) is 2. The Morgan fingerprint density at radius 1 is 0.881 bits per heavy atom. The second kappa shape index (κ2) is 14.3. The molecule has 0 spiro atoms. The molecular formula is C32H36N4O6. The second-order valence-electron chi connectivity index (χ2n) is 10.2. The summed E-state index contributed by atoms with van der Waals surface area (Å²) in [6.07, 6.45) is 3.36. The predicted octanol–water partition coefficient (Wildman–Crippen LogP) is 4.23. The van der Waals surface area contributed by atoms with Gasteiger partial charge in [0, 0.05) is 29.4 Å². The van der Waals surface area contributed by atoms with Crippen molar-refractivity contribution in [3.05, 3.63) is 95.7 Å². The molecule has 0 radical (unpaired) electrons. The van der Waals surface area contributed by atoms with Gasteiger partial charge in [0.2, 0.25) is 0 Å². The van der Waals surface area contributed by atoms with Crippen molar-refractivity contribution in [1.29, 1.82) is 0 Å². The number of fused-ring (bicyclic) bond motifs is 4. The fourth-order valence-electron chi connectivity index (χ4n) is 5.13. The number of aliphatic carboxylic acids is 2. The summed E-state index contributed by atoms with van der Waals surface area (Å²) in [5.41, 5.74) is 16.7. The van der Waals surface area contributed by atoms with Gasteiger partial charge in [-0.15, -0.1) is 0 Å². The summed E-state index contributed by atoms with van der Waals surface area (Å²) in [5.74, 6) is -2.12. The molecule has 1 aliphatic carbocycles. The molecule has 0 saturated carbocycles. The first-order valence-corrected chi connectivity index (χ1v) is 13.9. The van der Waals surface area contributed by atoms with E-state index < -0.39 is 30.1 Å².